The molecule has 0 aromatic heterocycles. The van der Waals surface area contributed by atoms with E-state index in [2.05, 4.69) is 86.3 Å². The Morgan fingerprint density at radius 3 is 2.15 bits per heavy atom. The van der Waals surface area contributed by atoms with Crippen molar-refractivity contribution in [2.75, 3.05) is 18.0 Å². The lowest BCUT2D eigenvalue weighted by Gasteiger charge is -2.26. The Morgan fingerprint density at radius 1 is 0.852 bits per heavy atom. The third-order valence-corrected chi connectivity index (χ3v) is 5.27. The normalized spacial score (nSPS) is 11.8. The van der Waals surface area contributed by atoms with Crippen LogP contribution in [0.3, 0.4) is 0 Å². The number of hydrogen-bond donors (Lipinski definition) is 0. The van der Waals surface area contributed by atoms with Crippen molar-refractivity contribution in [3.05, 3.63) is 101 Å². The predicted molar refractivity (Wildman–Crippen MR) is 114 cm³/mol. The molecular formula is C25H27NO. The van der Waals surface area contributed by atoms with Crippen LogP contribution >= 0.6 is 0 Å². The molecule has 0 bridgehead atoms. The number of carbonyl (C=O) groups excluding carboxylic acids is 1. The molecule has 0 saturated heterocycles. The van der Waals surface area contributed by atoms with Gasteiger partial charge in [0.25, 0.3) is 0 Å². The highest BCUT2D eigenvalue weighted by Gasteiger charge is 2.22. The molecule has 0 radical (unpaired) electrons. The van der Waals surface area contributed by atoms with E-state index in [1.165, 1.54) is 16.7 Å². The van der Waals surface area contributed by atoms with Gasteiger partial charge in [0.2, 0.25) is 0 Å². The van der Waals surface area contributed by atoms with Crippen LogP contribution in [-0.4, -0.2) is 19.4 Å². The van der Waals surface area contributed by atoms with Crippen molar-refractivity contribution in [3.8, 4) is 0 Å². The van der Waals surface area contributed by atoms with Crippen LogP contribution in [0.15, 0.2) is 72.8 Å². The molecular weight excluding hydrogens is 330 g/mol. The molecule has 0 spiro atoms. The summed E-state index contributed by atoms with van der Waals surface area (Å²) in [6.45, 7) is 8.34. The van der Waals surface area contributed by atoms with Gasteiger partial charge in [-0.1, -0.05) is 54.6 Å². The summed E-state index contributed by atoms with van der Waals surface area (Å²) in [4.78, 5) is 14.2. The van der Waals surface area contributed by atoms with E-state index in [9.17, 15) is 4.79 Å². The average molecular weight is 357 g/mol. The molecule has 2 nitrogen and oxygen atoms in total. The van der Waals surface area contributed by atoms with Crippen LogP contribution in [-0.2, 0) is 0 Å². The molecule has 2 heteroatoms. The van der Waals surface area contributed by atoms with Gasteiger partial charge in [-0.05, 0) is 61.2 Å². The van der Waals surface area contributed by atoms with E-state index in [1.807, 2.05) is 12.1 Å². The third kappa shape index (κ3) is 3.95. The van der Waals surface area contributed by atoms with Crippen LogP contribution in [0.5, 0.6) is 0 Å². The quantitative estimate of drug-likeness (QED) is 0.391. The second kappa shape index (κ2) is 8.68. The molecule has 138 valence electrons. The number of aryl methyl sites for hydroxylation is 1. The minimum absolute atomic E-state index is 0.0307. The number of rotatable bonds is 7. The zero-order chi connectivity index (χ0) is 19.2. The zero-order valence-electron chi connectivity index (χ0n) is 16.4. The van der Waals surface area contributed by atoms with E-state index in [0.717, 1.165) is 36.2 Å². The Labute approximate surface area is 162 Å². The minimum atomic E-state index is 0.0307. The Balaban J connectivity index is 2.25. The molecule has 0 amide bonds. The number of benzene rings is 3. The van der Waals surface area contributed by atoms with Gasteiger partial charge in [0.1, 0.15) is 6.29 Å². The van der Waals surface area contributed by atoms with Crippen molar-refractivity contribution in [2.24, 2.45) is 0 Å². The number of hydrogen-bond acceptors (Lipinski definition) is 2. The maximum absolute atomic E-state index is 11.9. The molecule has 3 rings (SSSR count). The number of nitrogens with zero attached hydrogens (tertiary/aromatic N) is 1. The fourth-order valence-corrected chi connectivity index (χ4v) is 3.79. The van der Waals surface area contributed by atoms with Gasteiger partial charge in [0.05, 0.1) is 0 Å². The highest BCUT2D eigenvalue weighted by Crippen LogP contribution is 2.37. The van der Waals surface area contributed by atoms with E-state index >= 15 is 0 Å². The largest absolute Gasteiger partial charge is 0.372 e. The topological polar surface area (TPSA) is 20.3 Å². The Kier molecular flexibility index (Phi) is 6.08. The van der Waals surface area contributed by atoms with Crippen molar-refractivity contribution in [1.29, 1.82) is 0 Å². The maximum Gasteiger partial charge on any atom is 0.150 e. The minimum Gasteiger partial charge on any atom is -0.372 e. The second-order valence-corrected chi connectivity index (χ2v) is 6.80. The summed E-state index contributed by atoms with van der Waals surface area (Å²) in [5.41, 5.74) is 6.65. The fourth-order valence-electron chi connectivity index (χ4n) is 3.79. The SMILES string of the molecule is CCN(CC)c1ccc(C=O)c(C(c2ccccc2)c2ccccc2C)c1. The Hall–Kier alpha value is -2.87. The van der Waals surface area contributed by atoms with E-state index < -0.39 is 0 Å². The average Bonchev–Trinajstić information content (AvgIpc) is 2.72. The smallest absolute Gasteiger partial charge is 0.150 e. The molecule has 0 saturated carbocycles. The molecule has 0 fully saturated rings. The standard InChI is InChI=1S/C25H27NO/c1-4-26(5-2)22-16-15-21(18-27)24(17-22)25(20-12-7-6-8-13-20)23-14-10-9-11-19(23)3/h6-18,25H,4-5H2,1-3H3. The molecule has 0 N–H and O–H groups in total. The van der Waals surface area contributed by atoms with Crippen LogP contribution < -0.4 is 4.90 Å². The lowest BCUT2D eigenvalue weighted by Crippen LogP contribution is -2.22. The van der Waals surface area contributed by atoms with E-state index in [0.29, 0.717) is 0 Å². The van der Waals surface area contributed by atoms with Crippen LogP contribution in [0.4, 0.5) is 5.69 Å². The molecule has 27 heavy (non-hydrogen) atoms. The molecule has 0 aliphatic rings. The van der Waals surface area contributed by atoms with E-state index in [4.69, 9.17) is 0 Å². The zero-order valence-corrected chi connectivity index (χ0v) is 16.4. The summed E-state index contributed by atoms with van der Waals surface area (Å²) in [5, 5.41) is 0. The summed E-state index contributed by atoms with van der Waals surface area (Å²) in [6, 6.07) is 25.1. The van der Waals surface area contributed by atoms with Gasteiger partial charge in [0, 0.05) is 30.3 Å². The van der Waals surface area contributed by atoms with E-state index in [1.54, 1.807) is 0 Å². The van der Waals surface area contributed by atoms with Gasteiger partial charge in [-0.15, -0.1) is 0 Å². The summed E-state index contributed by atoms with van der Waals surface area (Å²) in [6.07, 6.45) is 0.982. The van der Waals surface area contributed by atoms with Crippen molar-refractivity contribution < 1.29 is 4.79 Å². The van der Waals surface area contributed by atoms with E-state index in [-0.39, 0.29) is 5.92 Å². The van der Waals surface area contributed by atoms with Gasteiger partial charge in [-0.3, -0.25) is 4.79 Å². The van der Waals surface area contributed by atoms with Crippen LogP contribution in [0.1, 0.15) is 52.4 Å². The van der Waals surface area contributed by atoms with Crippen molar-refractivity contribution in [2.45, 2.75) is 26.7 Å². The number of anilines is 1. The predicted octanol–water partition coefficient (Wildman–Crippen LogP) is 5.83. The van der Waals surface area contributed by atoms with Gasteiger partial charge in [-0.25, -0.2) is 0 Å². The molecule has 3 aromatic rings. The third-order valence-electron chi connectivity index (χ3n) is 5.27. The fraction of sp³-hybridized carbons (Fsp3) is 0.240. The summed E-state index contributed by atoms with van der Waals surface area (Å²) >= 11 is 0. The Bertz CT molecular complexity index is 897. The lowest BCUT2D eigenvalue weighted by atomic mass is 9.81. The second-order valence-electron chi connectivity index (χ2n) is 6.80. The first-order valence-electron chi connectivity index (χ1n) is 9.64. The van der Waals surface area contributed by atoms with Gasteiger partial charge < -0.3 is 4.90 Å². The first-order valence-corrected chi connectivity index (χ1v) is 9.64. The molecule has 0 aliphatic carbocycles. The van der Waals surface area contributed by atoms with Crippen LogP contribution in [0.2, 0.25) is 0 Å². The van der Waals surface area contributed by atoms with Crippen LogP contribution in [0.25, 0.3) is 0 Å². The summed E-state index contributed by atoms with van der Waals surface area (Å²) in [5.74, 6) is 0.0307. The number of aldehydes is 1. The Morgan fingerprint density at radius 2 is 1.52 bits per heavy atom. The first kappa shape index (κ1) is 18.9. The molecule has 3 aromatic carbocycles. The monoisotopic (exact) mass is 357 g/mol. The first-order chi connectivity index (χ1) is 13.2. The van der Waals surface area contributed by atoms with Crippen LogP contribution in [0, 0.1) is 6.92 Å². The maximum atomic E-state index is 11.9. The van der Waals surface area contributed by atoms with Gasteiger partial charge >= 0.3 is 0 Å². The highest BCUT2D eigenvalue weighted by molar-refractivity contribution is 5.80. The summed E-state index contributed by atoms with van der Waals surface area (Å²) in [7, 11) is 0. The lowest BCUT2D eigenvalue weighted by molar-refractivity contribution is 0.112. The molecule has 1 atom stereocenters. The molecule has 0 heterocycles. The number of carbonyl (C=O) groups is 1. The van der Waals surface area contributed by atoms with Crippen molar-refractivity contribution in [1.82, 2.24) is 0 Å². The van der Waals surface area contributed by atoms with Gasteiger partial charge in [0.15, 0.2) is 0 Å². The molecule has 0 aliphatic heterocycles. The highest BCUT2D eigenvalue weighted by atomic mass is 16.1. The van der Waals surface area contributed by atoms with Crippen molar-refractivity contribution in [3.63, 3.8) is 0 Å². The van der Waals surface area contributed by atoms with Gasteiger partial charge in [-0.2, -0.15) is 0 Å². The summed E-state index contributed by atoms with van der Waals surface area (Å²) < 4.78 is 0. The van der Waals surface area contributed by atoms with Crippen molar-refractivity contribution >= 4 is 12.0 Å². The molecule has 1 unspecified atom stereocenters.